The number of benzene rings is 2. The minimum atomic E-state index is -4.37. The van der Waals surface area contributed by atoms with Gasteiger partial charge >= 0.3 is 10.2 Å². The summed E-state index contributed by atoms with van der Waals surface area (Å²) in [6.07, 6.45) is 9.40. The Morgan fingerprint density at radius 1 is 0.897 bits per heavy atom. The van der Waals surface area contributed by atoms with E-state index >= 15 is 8.78 Å². The van der Waals surface area contributed by atoms with Gasteiger partial charge in [0.2, 0.25) is 23.5 Å². The number of rotatable bonds is 12. The first kappa shape index (κ1) is 45.3. The van der Waals surface area contributed by atoms with E-state index in [1.54, 1.807) is 29.6 Å². The molecule has 3 amide bonds. The van der Waals surface area contributed by atoms with Gasteiger partial charge in [-0.25, -0.2) is 28.1 Å². The number of nitrogens with one attached hydrogen (secondary N) is 3. The molecule has 10 rings (SSSR count). The summed E-state index contributed by atoms with van der Waals surface area (Å²) < 4.78 is 73.1. The number of hydrogen-bond donors (Lipinski definition) is 3. The summed E-state index contributed by atoms with van der Waals surface area (Å²) in [5.41, 5.74) is 2.38. The summed E-state index contributed by atoms with van der Waals surface area (Å²) in [4.78, 5) is 76.3. The number of carbonyl (C=O) groups excluding carboxylic acids is 4. The average Bonchev–Trinajstić information content (AvgIpc) is 4.07. The van der Waals surface area contributed by atoms with E-state index in [2.05, 4.69) is 46.0 Å². The molecule has 2 aromatic carbocycles. The normalized spacial score (nSPS) is 21.1. The van der Waals surface area contributed by atoms with Crippen LogP contribution in [0.1, 0.15) is 76.8 Å². The van der Waals surface area contributed by atoms with Crippen molar-refractivity contribution < 1.29 is 40.8 Å². The Morgan fingerprint density at radius 3 is 2.37 bits per heavy atom. The lowest BCUT2D eigenvalue weighted by molar-refractivity contribution is -0.136. The second-order valence-electron chi connectivity index (χ2n) is 18.4. The monoisotopic (exact) mass is 953 g/mol. The van der Waals surface area contributed by atoms with Crippen molar-refractivity contribution in [2.75, 3.05) is 67.4 Å². The number of hydrogen-bond acceptors (Lipinski definition) is 12. The number of pyridine rings is 1. The minimum Gasteiger partial charge on any atom is -0.372 e. The molecule has 68 heavy (non-hydrogen) atoms. The van der Waals surface area contributed by atoms with Crippen LogP contribution in [0.5, 0.6) is 0 Å². The number of alkyl halides is 1. The number of piperidine rings is 3. The van der Waals surface area contributed by atoms with E-state index in [1.807, 2.05) is 23.9 Å². The zero-order valence-electron chi connectivity index (χ0n) is 37.3. The molecule has 356 valence electrons. The van der Waals surface area contributed by atoms with Crippen LogP contribution in [-0.2, 0) is 26.3 Å². The quantitative estimate of drug-likeness (QED) is 0.114. The Bertz CT molecular complexity index is 2920. The third-order valence-corrected chi connectivity index (χ3v) is 15.7. The second-order valence-corrected chi connectivity index (χ2v) is 20.0. The molecule has 5 aromatic rings. The molecular weight excluding hydrogens is 904 g/mol. The van der Waals surface area contributed by atoms with Crippen LogP contribution in [0, 0.1) is 17.6 Å². The maximum Gasteiger partial charge on any atom is 0.301 e. The molecule has 3 N–H and O–H groups in total. The van der Waals surface area contributed by atoms with Crippen molar-refractivity contribution in [2.24, 2.45) is 5.92 Å². The van der Waals surface area contributed by atoms with Gasteiger partial charge < -0.3 is 24.6 Å². The summed E-state index contributed by atoms with van der Waals surface area (Å²) in [7, 11) is -2.38. The standard InChI is InChI=1S/C47H50F3N11O6S/c1-57(32-11-13-58(14-12-32)24-27-8-15-59(16-9-27)33-2-3-34-29(18-33)25-61(46(34)65)39-6-7-40(62)55-45(39)64)47-53-21-30(22-54-47)28-19-35-36(23-52-44(35)51-20-28)43(63)41-37(49)4-5-38(42(41)50)56-68(66,67)60-17-10-31(48)26-60/h2-5,18-23,27,31-32,39,56H,6-17,24-26H2,1H3,(H,51,52)(H,55,62,64)/t31-,39+/m1/s1. The number of ketones is 1. The fraction of sp³-hybridized carbons (Fsp3) is 0.426. The number of halogens is 3. The first-order chi connectivity index (χ1) is 32.7. The lowest BCUT2D eigenvalue weighted by Crippen LogP contribution is -2.52. The Labute approximate surface area is 390 Å². The molecule has 21 heteroatoms. The fourth-order valence-electron chi connectivity index (χ4n) is 10.2. The van der Waals surface area contributed by atoms with Gasteiger partial charge in [-0.15, -0.1) is 0 Å². The first-order valence-electron chi connectivity index (χ1n) is 22.9. The number of H-pyrrole nitrogens is 1. The molecule has 0 bridgehead atoms. The molecule has 0 unspecified atom stereocenters. The first-order valence-corrected chi connectivity index (χ1v) is 24.4. The van der Waals surface area contributed by atoms with Gasteiger partial charge in [0.1, 0.15) is 23.7 Å². The van der Waals surface area contributed by atoms with Crippen molar-refractivity contribution in [1.29, 1.82) is 0 Å². The summed E-state index contributed by atoms with van der Waals surface area (Å²) >= 11 is 0. The van der Waals surface area contributed by atoms with Crippen molar-refractivity contribution in [3.8, 4) is 11.1 Å². The Balaban J connectivity index is 0.723. The van der Waals surface area contributed by atoms with Gasteiger partial charge in [-0.2, -0.15) is 12.7 Å². The Hall–Kier alpha value is -6.45. The lowest BCUT2D eigenvalue weighted by atomic mass is 9.94. The molecule has 5 aliphatic rings. The summed E-state index contributed by atoms with van der Waals surface area (Å²) in [5.74, 6) is -3.37. The predicted octanol–water partition coefficient (Wildman–Crippen LogP) is 4.81. The summed E-state index contributed by atoms with van der Waals surface area (Å²) in [6.45, 7) is 4.63. The predicted molar refractivity (Wildman–Crippen MR) is 246 cm³/mol. The average molecular weight is 954 g/mol. The van der Waals surface area contributed by atoms with Gasteiger partial charge in [-0.1, -0.05) is 0 Å². The number of nitrogens with zero attached hydrogens (tertiary/aromatic N) is 8. The van der Waals surface area contributed by atoms with Crippen LogP contribution in [0.2, 0.25) is 0 Å². The molecule has 17 nitrogen and oxygen atoms in total. The van der Waals surface area contributed by atoms with Crippen molar-refractivity contribution in [1.82, 2.24) is 39.4 Å². The summed E-state index contributed by atoms with van der Waals surface area (Å²) in [5, 5.41) is 2.64. The number of fused-ring (bicyclic) bond motifs is 2. The molecule has 3 aromatic heterocycles. The van der Waals surface area contributed by atoms with Crippen LogP contribution < -0.4 is 19.8 Å². The third kappa shape index (κ3) is 8.77. The number of anilines is 3. The van der Waals surface area contributed by atoms with Crippen molar-refractivity contribution in [3.05, 3.63) is 95.1 Å². The highest BCUT2D eigenvalue weighted by atomic mass is 32.2. The SMILES string of the molecule is CN(c1ncc(-c2cnc3[nH]cc(C(=O)c4c(F)ccc(NS(=O)(=O)N5CC[C@@H](F)C5)c4F)c3c2)cn1)C1CCN(CC2CCN(c3ccc4c(c3)CN([C@H]3CCC(=O)NC3=O)C4=O)CC2)CC1. The number of carbonyl (C=O) groups is 4. The van der Waals surface area contributed by atoms with Crippen LogP contribution in [-0.4, -0.2) is 137 Å². The number of imide groups is 1. The van der Waals surface area contributed by atoms with E-state index in [0.717, 1.165) is 86.1 Å². The van der Waals surface area contributed by atoms with E-state index in [4.69, 9.17) is 0 Å². The van der Waals surface area contributed by atoms with E-state index in [1.165, 1.54) is 6.20 Å². The Morgan fingerprint density at radius 2 is 1.65 bits per heavy atom. The molecule has 4 saturated heterocycles. The van der Waals surface area contributed by atoms with Crippen LogP contribution in [0.25, 0.3) is 22.2 Å². The molecule has 0 radical (unpaired) electrons. The maximum atomic E-state index is 15.8. The molecule has 8 heterocycles. The van der Waals surface area contributed by atoms with Crippen molar-refractivity contribution >= 4 is 62.1 Å². The lowest BCUT2D eigenvalue weighted by Gasteiger charge is -2.40. The molecule has 2 atom stereocenters. The van der Waals surface area contributed by atoms with Gasteiger partial charge in [0.05, 0.1) is 11.3 Å². The van der Waals surface area contributed by atoms with E-state index < -0.39 is 63.5 Å². The Kier molecular flexibility index (Phi) is 12.1. The van der Waals surface area contributed by atoms with Crippen molar-refractivity contribution in [2.45, 2.75) is 69.7 Å². The highest BCUT2D eigenvalue weighted by Gasteiger charge is 2.40. The molecule has 4 fully saturated rings. The molecular formula is C47H50F3N11O6S. The number of aromatic amines is 1. The van der Waals surface area contributed by atoms with Crippen LogP contribution >= 0.6 is 0 Å². The van der Waals surface area contributed by atoms with Gasteiger partial charge in [-0.05, 0) is 86.4 Å². The highest BCUT2D eigenvalue weighted by Crippen LogP contribution is 2.34. The summed E-state index contributed by atoms with van der Waals surface area (Å²) in [6, 6.07) is 8.87. The number of likely N-dealkylation sites (tertiary alicyclic amines) is 1. The van der Waals surface area contributed by atoms with Gasteiger partial charge in [-0.3, -0.25) is 29.2 Å². The van der Waals surface area contributed by atoms with Crippen molar-refractivity contribution in [3.63, 3.8) is 0 Å². The zero-order chi connectivity index (χ0) is 47.4. The van der Waals surface area contributed by atoms with E-state index in [9.17, 15) is 32.0 Å². The van der Waals surface area contributed by atoms with Crippen LogP contribution in [0.3, 0.4) is 0 Å². The minimum absolute atomic E-state index is 0.00409. The van der Waals surface area contributed by atoms with Gasteiger partial charge in [0.15, 0.2) is 5.82 Å². The third-order valence-electron chi connectivity index (χ3n) is 14.2. The van der Waals surface area contributed by atoms with Crippen LogP contribution in [0.15, 0.2) is 61.2 Å². The molecule has 0 saturated carbocycles. The van der Waals surface area contributed by atoms with Gasteiger partial charge in [0.25, 0.3) is 5.91 Å². The second kappa shape index (κ2) is 18.2. The van der Waals surface area contributed by atoms with E-state index in [0.29, 0.717) is 41.5 Å². The highest BCUT2D eigenvalue weighted by molar-refractivity contribution is 7.90. The molecule has 0 aliphatic carbocycles. The zero-order valence-corrected chi connectivity index (χ0v) is 38.1. The topological polar surface area (TPSA) is 197 Å². The van der Waals surface area contributed by atoms with E-state index in [-0.39, 0.29) is 53.8 Å². The smallest absolute Gasteiger partial charge is 0.301 e. The molecule has 0 spiro atoms. The molecule has 5 aliphatic heterocycles. The number of aromatic nitrogens is 4. The van der Waals surface area contributed by atoms with Gasteiger partial charge in [0, 0.05) is 130 Å². The van der Waals surface area contributed by atoms with Crippen LogP contribution in [0.4, 0.5) is 30.5 Å². The number of amides is 3. The largest absolute Gasteiger partial charge is 0.372 e. The fourth-order valence-corrected chi connectivity index (χ4v) is 11.5. The maximum absolute atomic E-state index is 15.8.